The molecular formula is C22H29NO2. The summed E-state index contributed by atoms with van der Waals surface area (Å²) in [6.45, 7) is 3.21. The van der Waals surface area contributed by atoms with E-state index in [9.17, 15) is 5.11 Å². The Morgan fingerprint density at radius 2 is 1.68 bits per heavy atom. The van der Waals surface area contributed by atoms with Crippen molar-refractivity contribution in [1.82, 2.24) is 5.32 Å². The molecule has 25 heavy (non-hydrogen) atoms. The Bertz CT molecular complexity index is 626. The van der Waals surface area contributed by atoms with Crippen LogP contribution in [0.25, 0.3) is 11.1 Å². The fourth-order valence-electron chi connectivity index (χ4n) is 3.53. The highest BCUT2D eigenvalue weighted by molar-refractivity contribution is 5.63. The molecule has 0 heterocycles. The van der Waals surface area contributed by atoms with Gasteiger partial charge < -0.3 is 15.2 Å². The molecule has 0 saturated heterocycles. The maximum Gasteiger partial charge on any atom is 0.119 e. The predicted octanol–water partition coefficient (Wildman–Crippen LogP) is 4.26. The Morgan fingerprint density at radius 1 is 1.00 bits per heavy atom. The molecule has 3 atom stereocenters. The van der Waals surface area contributed by atoms with Gasteiger partial charge in [0.2, 0.25) is 0 Å². The van der Waals surface area contributed by atoms with Gasteiger partial charge in [0.15, 0.2) is 0 Å². The smallest absolute Gasteiger partial charge is 0.119 e. The van der Waals surface area contributed by atoms with Gasteiger partial charge in [0, 0.05) is 12.6 Å². The molecule has 0 bridgehead atoms. The van der Waals surface area contributed by atoms with Gasteiger partial charge in [0.25, 0.3) is 0 Å². The highest BCUT2D eigenvalue weighted by Gasteiger charge is 2.21. The van der Waals surface area contributed by atoms with Crippen molar-refractivity contribution >= 4 is 0 Å². The van der Waals surface area contributed by atoms with Crippen LogP contribution in [0.4, 0.5) is 0 Å². The fourth-order valence-corrected chi connectivity index (χ4v) is 3.53. The molecule has 1 saturated carbocycles. The number of rotatable bonds is 7. The van der Waals surface area contributed by atoms with Crippen molar-refractivity contribution in [3.8, 4) is 16.9 Å². The molecule has 2 aromatic carbocycles. The first-order chi connectivity index (χ1) is 12.2. The molecule has 134 valence electrons. The molecule has 0 unspecified atom stereocenters. The van der Waals surface area contributed by atoms with E-state index in [0.29, 0.717) is 25.1 Å². The van der Waals surface area contributed by atoms with Crippen LogP contribution in [-0.4, -0.2) is 30.4 Å². The zero-order valence-corrected chi connectivity index (χ0v) is 15.0. The average molecular weight is 339 g/mol. The molecule has 0 aliphatic heterocycles. The molecule has 0 amide bonds. The van der Waals surface area contributed by atoms with E-state index in [4.69, 9.17) is 4.74 Å². The molecule has 1 aliphatic carbocycles. The van der Waals surface area contributed by atoms with Gasteiger partial charge in [-0.2, -0.15) is 0 Å². The van der Waals surface area contributed by atoms with Crippen LogP contribution in [0.2, 0.25) is 0 Å². The third-order valence-corrected chi connectivity index (χ3v) is 5.13. The molecule has 0 aromatic heterocycles. The highest BCUT2D eigenvalue weighted by Crippen LogP contribution is 2.24. The number of aliphatic hydroxyl groups excluding tert-OH is 1. The summed E-state index contributed by atoms with van der Waals surface area (Å²) in [6.07, 6.45) is 4.66. The summed E-state index contributed by atoms with van der Waals surface area (Å²) in [5.74, 6) is 1.50. The number of aliphatic hydroxyl groups is 1. The normalized spacial score (nSPS) is 21.7. The summed E-state index contributed by atoms with van der Waals surface area (Å²) in [7, 11) is 0. The molecule has 3 rings (SSSR count). The van der Waals surface area contributed by atoms with Crippen LogP contribution in [0.5, 0.6) is 5.75 Å². The van der Waals surface area contributed by atoms with E-state index in [-0.39, 0.29) is 0 Å². The van der Waals surface area contributed by atoms with Gasteiger partial charge in [0.1, 0.15) is 18.5 Å². The lowest BCUT2D eigenvalue weighted by Gasteiger charge is -2.30. The fraction of sp³-hybridized carbons (Fsp3) is 0.455. The largest absolute Gasteiger partial charge is 0.491 e. The first-order valence-corrected chi connectivity index (χ1v) is 9.42. The first-order valence-electron chi connectivity index (χ1n) is 9.42. The molecule has 2 aromatic rings. The third kappa shape index (κ3) is 5.32. The van der Waals surface area contributed by atoms with E-state index >= 15 is 0 Å². The van der Waals surface area contributed by atoms with Gasteiger partial charge in [-0.15, -0.1) is 0 Å². The van der Waals surface area contributed by atoms with Gasteiger partial charge in [-0.1, -0.05) is 62.2 Å². The van der Waals surface area contributed by atoms with E-state index in [2.05, 4.69) is 36.5 Å². The van der Waals surface area contributed by atoms with Crippen molar-refractivity contribution in [3.05, 3.63) is 54.6 Å². The molecular weight excluding hydrogens is 310 g/mol. The summed E-state index contributed by atoms with van der Waals surface area (Å²) in [5.41, 5.74) is 2.36. The van der Waals surface area contributed by atoms with Crippen LogP contribution in [0.3, 0.4) is 0 Å². The standard InChI is InChI=1S/C22H29NO2/c1-17-7-5-6-10-22(17)23-15-20(24)16-25-21-13-11-19(12-14-21)18-8-3-2-4-9-18/h2-4,8-9,11-14,17,20,22-24H,5-7,10,15-16H2,1H3/t17-,20-,22-/m1/s1. The Morgan fingerprint density at radius 3 is 2.40 bits per heavy atom. The lowest BCUT2D eigenvalue weighted by atomic mass is 9.86. The van der Waals surface area contributed by atoms with Gasteiger partial charge in [-0.05, 0) is 42.0 Å². The van der Waals surface area contributed by atoms with Crippen molar-refractivity contribution < 1.29 is 9.84 Å². The van der Waals surface area contributed by atoms with Crippen LogP contribution in [0.1, 0.15) is 32.6 Å². The lowest BCUT2D eigenvalue weighted by Crippen LogP contribution is -2.42. The zero-order valence-electron chi connectivity index (χ0n) is 15.0. The zero-order chi connectivity index (χ0) is 17.5. The van der Waals surface area contributed by atoms with Crippen molar-refractivity contribution in [1.29, 1.82) is 0 Å². The van der Waals surface area contributed by atoms with E-state index < -0.39 is 6.10 Å². The second-order valence-electron chi connectivity index (χ2n) is 7.13. The van der Waals surface area contributed by atoms with E-state index in [1.165, 1.54) is 36.8 Å². The third-order valence-electron chi connectivity index (χ3n) is 5.13. The monoisotopic (exact) mass is 339 g/mol. The minimum absolute atomic E-state index is 0.318. The number of ether oxygens (including phenoxy) is 1. The topological polar surface area (TPSA) is 41.5 Å². The summed E-state index contributed by atoms with van der Waals surface area (Å²) in [4.78, 5) is 0. The number of benzene rings is 2. The van der Waals surface area contributed by atoms with Gasteiger partial charge in [0.05, 0.1) is 0 Å². The lowest BCUT2D eigenvalue weighted by molar-refractivity contribution is 0.0985. The molecule has 3 heteroatoms. The number of hydrogen-bond acceptors (Lipinski definition) is 3. The van der Waals surface area contributed by atoms with Crippen LogP contribution in [0.15, 0.2) is 54.6 Å². The second-order valence-corrected chi connectivity index (χ2v) is 7.13. The minimum Gasteiger partial charge on any atom is -0.491 e. The first kappa shape index (κ1) is 18.0. The SMILES string of the molecule is C[C@@H]1CCCC[C@H]1NC[C@@H](O)COc1ccc(-c2ccccc2)cc1. The Kier molecular flexibility index (Phi) is 6.48. The van der Waals surface area contributed by atoms with Gasteiger partial charge in [-0.25, -0.2) is 0 Å². The molecule has 0 radical (unpaired) electrons. The van der Waals surface area contributed by atoms with Crippen molar-refractivity contribution in [3.63, 3.8) is 0 Å². The minimum atomic E-state index is -0.483. The van der Waals surface area contributed by atoms with Crippen molar-refractivity contribution in [2.24, 2.45) is 5.92 Å². The van der Waals surface area contributed by atoms with E-state index in [1.807, 2.05) is 30.3 Å². The Hall–Kier alpha value is -1.84. The Balaban J connectivity index is 1.43. The van der Waals surface area contributed by atoms with Crippen LogP contribution in [-0.2, 0) is 0 Å². The van der Waals surface area contributed by atoms with E-state index in [0.717, 1.165) is 5.75 Å². The van der Waals surface area contributed by atoms with Gasteiger partial charge in [-0.3, -0.25) is 0 Å². The highest BCUT2D eigenvalue weighted by atomic mass is 16.5. The van der Waals surface area contributed by atoms with Crippen LogP contribution < -0.4 is 10.1 Å². The quantitative estimate of drug-likeness (QED) is 0.792. The molecule has 3 nitrogen and oxygen atoms in total. The van der Waals surface area contributed by atoms with Crippen molar-refractivity contribution in [2.45, 2.75) is 44.8 Å². The number of nitrogens with one attached hydrogen (secondary N) is 1. The van der Waals surface area contributed by atoms with Crippen LogP contribution >= 0.6 is 0 Å². The van der Waals surface area contributed by atoms with E-state index in [1.54, 1.807) is 0 Å². The molecule has 1 aliphatic rings. The summed E-state index contributed by atoms with van der Waals surface area (Å²) in [5, 5.41) is 13.7. The summed E-state index contributed by atoms with van der Waals surface area (Å²) >= 11 is 0. The van der Waals surface area contributed by atoms with Crippen LogP contribution in [0, 0.1) is 5.92 Å². The Labute approximate surface area is 151 Å². The van der Waals surface area contributed by atoms with Gasteiger partial charge >= 0.3 is 0 Å². The molecule has 0 spiro atoms. The summed E-state index contributed by atoms with van der Waals surface area (Å²) in [6, 6.07) is 18.9. The molecule has 1 fully saturated rings. The number of hydrogen-bond donors (Lipinski definition) is 2. The maximum absolute atomic E-state index is 10.2. The average Bonchev–Trinajstić information content (AvgIpc) is 2.67. The second kappa shape index (κ2) is 9.02. The molecule has 2 N–H and O–H groups in total. The van der Waals surface area contributed by atoms with Crippen molar-refractivity contribution in [2.75, 3.05) is 13.2 Å². The predicted molar refractivity (Wildman–Crippen MR) is 103 cm³/mol. The maximum atomic E-state index is 10.2. The summed E-state index contributed by atoms with van der Waals surface area (Å²) < 4.78 is 5.74.